The smallest absolute Gasteiger partial charge is 0.231 e. The molecule has 0 saturated carbocycles. The molecule has 0 spiro atoms. The van der Waals surface area contributed by atoms with Gasteiger partial charge in [-0.05, 0) is 67.1 Å². The number of nitrogens with zero attached hydrogens (tertiary/aromatic N) is 1. The number of methoxy groups -OCH3 is 1. The number of rotatable bonds is 7. The molecule has 1 aromatic heterocycles. The van der Waals surface area contributed by atoms with E-state index in [1.807, 2.05) is 55.5 Å². The summed E-state index contributed by atoms with van der Waals surface area (Å²) in [4.78, 5) is 18.0. The second-order valence-electron chi connectivity index (χ2n) is 6.76. The van der Waals surface area contributed by atoms with Crippen LogP contribution in [-0.2, 0) is 0 Å². The Hall–Kier alpha value is -4.12. The predicted octanol–water partition coefficient (Wildman–Crippen LogP) is 6.17. The van der Waals surface area contributed by atoms with E-state index in [9.17, 15) is 4.79 Å². The molecule has 0 radical (unpaired) electrons. The molecular weight excluding hydrogens is 390 g/mol. The molecule has 3 aromatic carbocycles. The lowest BCUT2D eigenvalue weighted by molar-refractivity contribution is 0.105. The van der Waals surface area contributed by atoms with Gasteiger partial charge in [0.05, 0.1) is 18.9 Å². The van der Waals surface area contributed by atoms with E-state index >= 15 is 0 Å². The molecular formula is C26H21NO4. The zero-order chi connectivity index (χ0) is 21.6. The highest BCUT2D eigenvalue weighted by atomic mass is 16.5. The van der Waals surface area contributed by atoms with Gasteiger partial charge in [-0.2, -0.15) is 0 Å². The first-order valence-corrected chi connectivity index (χ1v) is 9.82. The minimum absolute atomic E-state index is 0.202. The molecule has 31 heavy (non-hydrogen) atoms. The maximum atomic E-state index is 13.5. The Morgan fingerprint density at radius 3 is 2.52 bits per heavy atom. The molecule has 0 fully saturated rings. The summed E-state index contributed by atoms with van der Waals surface area (Å²) in [6.07, 6.45) is 5.14. The number of para-hydroxylation sites is 2. The molecule has 4 aromatic rings. The Balaban J connectivity index is 1.77. The largest absolute Gasteiger partial charge is 0.497 e. The fraction of sp³-hybridized carbons (Fsp3) is 0.0769. The zero-order valence-electron chi connectivity index (χ0n) is 17.2. The third kappa shape index (κ3) is 4.56. The normalized spacial score (nSPS) is 11.7. The van der Waals surface area contributed by atoms with Crippen molar-refractivity contribution in [3.05, 3.63) is 102 Å². The molecule has 0 N–H and O–H groups in total. The van der Waals surface area contributed by atoms with E-state index in [1.54, 1.807) is 49.8 Å². The Morgan fingerprint density at radius 1 is 0.968 bits per heavy atom. The van der Waals surface area contributed by atoms with Crippen molar-refractivity contribution >= 4 is 28.5 Å². The highest BCUT2D eigenvalue weighted by Crippen LogP contribution is 2.27. The number of ether oxygens (including phenoxy) is 2. The molecule has 4 rings (SSSR count). The standard InChI is InChI=1S/C26H21NO4/c1-3-15-30-20-13-11-19(12-14-20)25(28)22(17-18-7-6-8-21(16-18)29-2)26-27-23-9-4-5-10-24(23)31-26/h3-17H,1-2H3/b15-3+,22-17+. The van der Waals surface area contributed by atoms with Gasteiger partial charge in [0.25, 0.3) is 0 Å². The van der Waals surface area contributed by atoms with Gasteiger partial charge in [-0.15, -0.1) is 0 Å². The van der Waals surface area contributed by atoms with Crippen molar-refractivity contribution in [3.8, 4) is 11.5 Å². The number of ketones is 1. The van der Waals surface area contributed by atoms with E-state index < -0.39 is 0 Å². The Morgan fingerprint density at radius 2 is 1.77 bits per heavy atom. The molecule has 5 heteroatoms. The highest BCUT2D eigenvalue weighted by Gasteiger charge is 2.20. The van der Waals surface area contributed by atoms with Crippen LogP contribution in [0, 0.1) is 0 Å². The van der Waals surface area contributed by atoms with Crippen LogP contribution in [0.2, 0.25) is 0 Å². The van der Waals surface area contributed by atoms with Crippen LogP contribution >= 0.6 is 0 Å². The number of hydrogen-bond donors (Lipinski definition) is 0. The lowest BCUT2D eigenvalue weighted by atomic mass is 10.0. The fourth-order valence-corrected chi connectivity index (χ4v) is 3.10. The third-order valence-corrected chi connectivity index (χ3v) is 4.63. The topological polar surface area (TPSA) is 61.6 Å². The van der Waals surface area contributed by atoms with E-state index in [1.165, 1.54) is 0 Å². The minimum Gasteiger partial charge on any atom is -0.497 e. The highest BCUT2D eigenvalue weighted by molar-refractivity contribution is 6.31. The van der Waals surface area contributed by atoms with Crippen molar-refractivity contribution in [1.82, 2.24) is 4.98 Å². The molecule has 0 amide bonds. The zero-order valence-corrected chi connectivity index (χ0v) is 17.2. The van der Waals surface area contributed by atoms with Gasteiger partial charge in [0.2, 0.25) is 5.89 Å². The number of benzene rings is 3. The van der Waals surface area contributed by atoms with Gasteiger partial charge in [-0.3, -0.25) is 4.79 Å². The summed E-state index contributed by atoms with van der Waals surface area (Å²) in [5.41, 5.74) is 2.97. The van der Waals surface area contributed by atoms with Crippen LogP contribution in [0.1, 0.15) is 28.7 Å². The van der Waals surface area contributed by atoms with Crippen LogP contribution in [0.5, 0.6) is 11.5 Å². The van der Waals surface area contributed by atoms with Crippen molar-refractivity contribution in [2.24, 2.45) is 0 Å². The number of aromatic nitrogens is 1. The van der Waals surface area contributed by atoms with E-state index in [-0.39, 0.29) is 11.7 Å². The van der Waals surface area contributed by atoms with Gasteiger partial charge in [-0.25, -0.2) is 4.98 Å². The van der Waals surface area contributed by atoms with Gasteiger partial charge in [0, 0.05) is 5.56 Å². The summed E-state index contributed by atoms with van der Waals surface area (Å²) >= 11 is 0. The van der Waals surface area contributed by atoms with Crippen molar-refractivity contribution in [2.45, 2.75) is 6.92 Å². The number of carbonyl (C=O) groups is 1. The predicted molar refractivity (Wildman–Crippen MR) is 121 cm³/mol. The van der Waals surface area contributed by atoms with Crippen molar-refractivity contribution < 1.29 is 18.7 Å². The summed E-state index contributed by atoms with van der Waals surface area (Å²) in [5.74, 6) is 1.41. The average Bonchev–Trinajstić information content (AvgIpc) is 3.25. The third-order valence-electron chi connectivity index (χ3n) is 4.63. The van der Waals surface area contributed by atoms with E-state index in [0.717, 1.165) is 5.56 Å². The molecule has 5 nitrogen and oxygen atoms in total. The second-order valence-corrected chi connectivity index (χ2v) is 6.76. The van der Waals surface area contributed by atoms with Gasteiger partial charge in [0.1, 0.15) is 17.0 Å². The number of hydrogen-bond acceptors (Lipinski definition) is 5. The van der Waals surface area contributed by atoms with Crippen molar-refractivity contribution in [3.63, 3.8) is 0 Å². The summed E-state index contributed by atoms with van der Waals surface area (Å²) in [7, 11) is 1.60. The molecule has 0 bridgehead atoms. The second kappa shape index (κ2) is 9.13. The van der Waals surface area contributed by atoms with E-state index in [4.69, 9.17) is 13.9 Å². The first kappa shape index (κ1) is 20.2. The average molecular weight is 411 g/mol. The maximum Gasteiger partial charge on any atom is 0.231 e. The maximum absolute atomic E-state index is 13.5. The molecule has 0 aliphatic rings. The van der Waals surface area contributed by atoms with Crippen LogP contribution in [-0.4, -0.2) is 17.9 Å². The van der Waals surface area contributed by atoms with Crippen LogP contribution < -0.4 is 9.47 Å². The number of Topliss-reactive ketones (excluding diaryl/α,β-unsaturated/α-hetero) is 1. The number of carbonyl (C=O) groups excluding carboxylic acids is 1. The van der Waals surface area contributed by atoms with Crippen LogP contribution in [0.25, 0.3) is 22.7 Å². The number of fused-ring (bicyclic) bond motifs is 1. The fourth-order valence-electron chi connectivity index (χ4n) is 3.10. The monoisotopic (exact) mass is 411 g/mol. The number of allylic oxidation sites excluding steroid dienone is 2. The molecule has 0 saturated heterocycles. The SMILES string of the molecule is C/C=C/Oc1ccc(C(=O)/C(=C\c2cccc(OC)c2)c2nc3ccccc3o2)cc1. The Kier molecular flexibility index (Phi) is 5.94. The molecule has 0 unspecified atom stereocenters. The van der Waals surface area contributed by atoms with Crippen molar-refractivity contribution in [1.29, 1.82) is 0 Å². The molecule has 0 aliphatic carbocycles. The summed E-state index contributed by atoms with van der Waals surface area (Å²) in [6, 6.07) is 21.8. The van der Waals surface area contributed by atoms with Crippen molar-refractivity contribution in [2.75, 3.05) is 7.11 Å². The number of oxazole rings is 1. The summed E-state index contributed by atoms with van der Waals surface area (Å²) in [5, 5.41) is 0. The van der Waals surface area contributed by atoms with Gasteiger partial charge < -0.3 is 13.9 Å². The lowest BCUT2D eigenvalue weighted by Gasteiger charge is -2.06. The minimum atomic E-state index is -0.202. The van der Waals surface area contributed by atoms with Crippen LogP contribution in [0.15, 0.2) is 89.6 Å². The van der Waals surface area contributed by atoms with Gasteiger partial charge in [-0.1, -0.05) is 30.3 Å². The summed E-state index contributed by atoms with van der Waals surface area (Å²) < 4.78 is 16.7. The molecule has 154 valence electrons. The molecule has 0 aliphatic heterocycles. The van der Waals surface area contributed by atoms with Crippen LogP contribution in [0.3, 0.4) is 0 Å². The van der Waals surface area contributed by atoms with Gasteiger partial charge in [0.15, 0.2) is 11.4 Å². The summed E-state index contributed by atoms with van der Waals surface area (Å²) in [6.45, 7) is 1.87. The van der Waals surface area contributed by atoms with E-state index in [2.05, 4.69) is 4.98 Å². The molecule has 1 heterocycles. The Bertz CT molecular complexity index is 1230. The first-order valence-electron chi connectivity index (χ1n) is 9.82. The lowest BCUT2D eigenvalue weighted by Crippen LogP contribution is -2.03. The van der Waals surface area contributed by atoms with E-state index in [0.29, 0.717) is 33.7 Å². The van der Waals surface area contributed by atoms with Gasteiger partial charge >= 0.3 is 0 Å². The first-order chi connectivity index (χ1) is 15.2. The quantitative estimate of drug-likeness (QED) is 0.207. The Labute approximate surface area is 180 Å². The molecule has 0 atom stereocenters. The van der Waals surface area contributed by atoms with Crippen LogP contribution in [0.4, 0.5) is 0 Å².